The van der Waals surface area contributed by atoms with Gasteiger partial charge >= 0.3 is 11.9 Å². The molecule has 2 aromatic carbocycles. The van der Waals surface area contributed by atoms with Crippen LogP contribution < -0.4 is 14.8 Å². The van der Waals surface area contributed by atoms with Crippen molar-refractivity contribution in [3.63, 3.8) is 0 Å². The Morgan fingerprint density at radius 2 is 1.62 bits per heavy atom. The average Bonchev–Trinajstić information content (AvgIpc) is 2.81. The van der Waals surface area contributed by atoms with Gasteiger partial charge < -0.3 is 18.9 Å². The first kappa shape index (κ1) is 27.2. The van der Waals surface area contributed by atoms with E-state index in [-0.39, 0.29) is 19.8 Å². The third-order valence-corrected chi connectivity index (χ3v) is 5.66. The molecule has 0 aliphatic heterocycles. The molecule has 0 saturated heterocycles. The van der Waals surface area contributed by atoms with Crippen LogP contribution in [0.15, 0.2) is 30.3 Å². The second kappa shape index (κ2) is 13.0. The number of carbonyl (C=O) groups excluding carboxylic acids is 2. The maximum Gasteiger partial charge on any atom is 0.327 e. The van der Waals surface area contributed by atoms with Crippen molar-refractivity contribution in [2.24, 2.45) is 0 Å². The molecule has 0 spiro atoms. The van der Waals surface area contributed by atoms with E-state index in [0.717, 1.165) is 40.4 Å². The number of methoxy groups -OCH3 is 1. The Bertz CT molecular complexity index is 964. The van der Waals surface area contributed by atoms with E-state index < -0.39 is 18.0 Å². The summed E-state index contributed by atoms with van der Waals surface area (Å²) in [5.41, 5.74) is 3.52. The fourth-order valence-electron chi connectivity index (χ4n) is 3.77. The van der Waals surface area contributed by atoms with E-state index in [9.17, 15) is 9.59 Å². The highest BCUT2D eigenvalue weighted by atomic mass is 16.5. The third kappa shape index (κ3) is 6.97. The van der Waals surface area contributed by atoms with Crippen molar-refractivity contribution >= 4 is 11.9 Å². The minimum absolute atomic E-state index is 0.0993. The molecule has 2 aromatic rings. The maximum atomic E-state index is 12.6. The quantitative estimate of drug-likeness (QED) is 0.416. The van der Waals surface area contributed by atoms with Gasteiger partial charge in [-0.25, -0.2) is 4.79 Å². The van der Waals surface area contributed by atoms with Gasteiger partial charge in [0.15, 0.2) is 0 Å². The number of carbonyl (C=O) groups is 2. The molecule has 2 unspecified atom stereocenters. The first-order chi connectivity index (χ1) is 16.2. The van der Waals surface area contributed by atoms with Crippen molar-refractivity contribution in [1.29, 1.82) is 0 Å². The molecule has 0 bridgehead atoms. The molecule has 0 heterocycles. The molecule has 7 nitrogen and oxygen atoms in total. The number of rotatable bonds is 12. The minimum Gasteiger partial charge on any atom is -0.496 e. The fraction of sp³-hybridized carbons (Fsp3) is 0.481. The van der Waals surface area contributed by atoms with E-state index in [1.54, 1.807) is 21.0 Å². The van der Waals surface area contributed by atoms with E-state index >= 15 is 0 Å². The lowest BCUT2D eigenvalue weighted by molar-refractivity contribution is -0.146. The molecule has 0 aliphatic rings. The minimum atomic E-state index is -0.797. The summed E-state index contributed by atoms with van der Waals surface area (Å²) in [5, 5.41) is 2.96. The Kier molecular flexibility index (Phi) is 10.4. The summed E-state index contributed by atoms with van der Waals surface area (Å²) in [5.74, 6) is 1.73. The Labute approximate surface area is 202 Å². The van der Waals surface area contributed by atoms with Crippen LogP contribution in [0, 0.1) is 13.8 Å². The van der Waals surface area contributed by atoms with E-state index in [0.29, 0.717) is 11.5 Å². The lowest BCUT2D eigenvalue weighted by Gasteiger charge is -2.21. The molecule has 0 aromatic heterocycles. The second-order valence-electron chi connectivity index (χ2n) is 8.17. The van der Waals surface area contributed by atoms with Gasteiger partial charge in [0.25, 0.3) is 0 Å². The number of esters is 2. The average molecular weight is 472 g/mol. The molecular weight excluding hydrogens is 434 g/mol. The van der Waals surface area contributed by atoms with Gasteiger partial charge in [-0.2, -0.15) is 0 Å². The monoisotopic (exact) mass is 471 g/mol. The first-order valence-electron chi connectivity index (χ1n) is 11.8. The lowest BCUT2D eigenvalue weighted by Crippen LogP contribution is -2.34. The molecule has 0 saturated carbocycles. The molecule has 7 heteroatoms. The number of nitrogens with one attached hydrogen (secondary N) is 1. The van der Waals surface area contributed by atoms with Crippen LogP contribution >= 0.6 is 0 Å². The van der Waals surface area contributed by atoms with Crippen LogP contribution in [-0.4, -0.2) is 38.8 Å². The molecule has 1 N–H and O–H groups in total. The molecule has 0 amide bonds. The number of aryl methyl sites for hydroxylation is 2. The molecule has 0 aliphatic carbocycles. The normalized spacial score (nSPS) is 12.6. The van der Waals surface area contributed by atoms with Crippen molar-refractivity contribution in [3.05, 3.63) is 52.6 Å². The van der Waals surface area contributed by atoms with Crippen LogP contribution in [-0.2, 0) is 19.1 Å². The van der Waals surface area contributed by atoms with E-state index in [1.807, 2.05) is 44.2 Å². The number of hydrogen-bond donors (Lipinski definition) is 1. The molecular formula is C27H37NO6. The predicted octanol–water partition coefficient (Wildman–Crippen LogP) is 5.37. The summed E-state index contributed by atoms with van der Waals surface area (Å²) in [7, 11) is 1.67. The van der Waals surface area contributed by atoms with Crippen LogP contribution in [0.4, 0.5) is 0 Å². The van der Waals surface area contributed by atoms with Crippen molar-refractivity contribution in [2.45, 2.75) is 59.9 Å². The standard InChI is InChI=1S/C27H37NO6/c1-8-17(4)22-15-21(11-12-23(22)31-7)34-26-18(5)13-20(14-19(26)6)25(27(30)33-10-3)28-16-24(29)32-9-2/h11-15,17,25,28H,8-10,16H2,1-7H3. The van der Waals surface area contributed by atoms with Gasteiger partial charge in [0.1, 0.15) is 23.3 Å². The lowest BCUT2D eigenvalue weighted by atomic mass is 9.97. The Morgan fingerprint density at radius 1 is 0.971 bits per heavy atom. The molecule has 0 radical (unpaired) electrons. The van der Waals surface area contributed by atoms with Crippen LogP contribution in [0.5, 0.6) is 17.2 Å². The first-order valence-corrected chi connectivity index (χ1v) is 11.8. The molecule has 34 heavy (non-hydrogen) atoms. The van der Waals surface area contributed by atoms with Gasteiger partial charge in [0.05, 0.1) is 26.9 Å². The van der Waals surface area contributed by atoms with Gasteiger partial charge in [-0.05, 0) is 74.9 Å². The SMILES string of the molecule is CCOC(=O)CNC(C(=O)OCC)c1cc(C)c(Oc2ccc(OC)c(C(C)CC)c2)c(C)c1. The van der Waals surface area contributed by atoms with E-state index in [2.05, 4.69) is 19.2 Å². The van der Waals surface area contributed by atoms with Crippen LogP contribution in [0.2, 0.25) is 0 Å². The summed E-state index contributed by atoms with van der Waals surface area (Å²) in [4.78, 5) is 24.5. The van der Waals surface area contributed by atoms with Crippen molar-refractivity contribution < 1.29 is 28.5 Å². The van der Waals surface area contributed by atoms with Crippen LogP contribution in [0.3, 0.4) is 0 Å². The van der Waals surface area contributed by atoms with E-state index in [1.165, 1.54) is 0 Å². The number of benzene rings is 2. The van der Waals surface area contributed by atoms with Gasteiger partial charge in [0, 0.05) is 5.56 Å². The smallest absolute Gasteiger partial charge is 0.327 e. The van der Waals surface area contributed by atoms with Crippen molar-refractivity contribution in [2.75, 3.05) is 26.9 Å². The van der Waals surface area contributed by atoms with Gasteiger partial charge in [-0.3, -0.25) is 10.1 Å². The number of hydrogen-bond acceptors (Lipinski definition) is 7. The largest absolute Gasteiger partial charge is 0.496 e. The molecule has 2 rings (SSSR count). The van der Waals surface area contributed by atoms with Crippen LogP contribution in [0.25, 0.3) is 0 Å². The molecule has 0 fully saturated rings. The predicted molar refractivity (Wildman–Crippen MR) is 132 cm³/mol. The molecule has 2 atom stereocenters. The summed E-state index contributed by atoms with van der Waals surface area (Å²) >= 11 is 0. The summed E-state index contributed by atoms with van der Waals surface area (Å²) in [6, 6.07) is 8.78. The van der Waals surface area contributed by atoms with Crippen molar-refractivity contribution in [3.8, 4) is 17.2 Å². The van der Waals surface area contributed by atoms with Gasteiger partial charge in [-0.15, -0.1) is 0 Å². The van der Waals surface area contributed by atoms with E-state index in [4.69, 9.17) is 18.9 Å². The Morgan fingerprint density at radius 3 is 2.18 bits per heavy atom. The highest BCUT2D eigenvalue weighted by molar-refractivity contribution is 5.79. The maximum absolute atomic E-state index is 12.6. The number of ether oxygens (including phenoxy) is 4. The summed E-state index contributed by atoms with van der Waals surface area (Å²) in [6.45, 7) is 12.1. The fourth-order valence-corrected chi connectivity index (χ4v) is 3.77. The highest BCUT2D eigenvalue weighted by Crippen LogP contribution is 2.36. The summed E-state index contributed by atoms with van der Waals surface area (Å²) < 4.78 is 22.0. The molecule has 186 valence electrons. The zero-order valence-electron chi connectivity index (χ0n) is 21.3. The van der Waals surface area contributed by atoms with Gasteiger partial charge in [-0.1, -0.05) is 26.0 Å². The highest BCUT2D eigenvalue weighted by Gasteiger charge is 2.24. The second-order valence-corrected chi connectivity index (χ2v) is 8.17. The summed E-state index contributed by atoms with van der Waals surface area (Å²) in [6.07, 6.45) is 0.987. The zero-order valence-corrected chi connectivity index (χ0v) is 21.3. The van der Waals surface area contributed by atoms with Crippen molar-refractivity contribution in [1.82, 2.24) is 5.32 Å². The van der Waals surface area contributed by atoms with Crippen LogP contribution in [0.1, 0.15) is 68.3 Å². The topological polar surface area (TPSA) is 83.1 Å². The zero-order chi connectivity index (χ0) is 25.3. The Hall–Kier alpha value is -3.06. The third-order valence-electron chi connectivity index (χ3n) is 5.66. The van der Waals surface area contributed by atoms with Gasteiger partial charge in [0.2, 0.25) is 0 Å². The Balaban J connectivity index is 2.35.